The second-order valence-electron chi connectivity index (χ2n) is 4.46. The number of nitrogens with one attached hydrogen (secondary N) is 1. The summed E-state index contributed by atoms with van der Waals surface area (Å²) < 4.78 is 1.79. The molecule has 1 unspecified atom stereocenters. The number of aromatic nitrogens is 2. The van der Waals surface area contributed by atoms with Crippen LogP contribution in [-0.4, -0.2) is 9.78 Å². The minimum absolute atomic E-state index is 0.0726. The van der Waals surface area contributed by atoms with Crippen LogP contribution in [0.25, 0.3) is 0 Å². The number of nitrogens with zero attached hydrogens (tertiary/aromatic N) is 2. The normalized spacial score (nSPS) is 12.5. The molecule has 0 aliphatic rings. The van der Waals surface area contributed by atoms with Crippen LogP contribution >= 0.6 is 34.8 Å². The zero-order valence-electron chi connectivity index (χ0n) is 10.8. The molecule has 1 N–H and O–H groups in total. The molecule has 102 valence electrons. The predicted molar refractivity (Wildman–Crippen MR) is 81.5 cm³/mol. The van der Waals surface area contributed by atoms with Gasteiger partial charge in [0.15, 0.2) is 0 Å². The summed E-state index contributed by atoms with van der Waals surface area (Å²) in [6, 6.07) is 3.44. The fourth-order valence-corrected chi connectivity index (χ4v) is 2.59. The van der Waals surface area contributed by atoms with Crippen LogP contribution in [0.2, 0.25) is 15.1 Å². The first-order chi connectivity index (χ1) is 8.88. The van der Waals surface area contributed by atoms with Gasteiger partial charge in [0.25, 0.3) is 0 Å². The average Bonchev–Trinajstić information content (AvgIpc) is 2.65. The Hall–Kier alpha value is -0.900. The van der Waals surface area contributed by atoms with Crippen LogP contribution in [0.5, 0.6) is 0 Å². The molecule has 1 aromatic carbocycles. The first-order valence-corrected chi connectivity index (χ1v) is 6.93. The van der Waals surface area contributed by atoms with E-state index in [1.165, 1.54) is 0 Å². The molecule has 2 aromatic rings. The van der Waals surface area contributed by atoms with Crippen molar-refractivity contribution in [2.24, 2.45) is 7.05 Å². The maximum atomic E-state index is 6.15. The van der Waals surface area contributed by atoms with E-state index in [-0.39, 0.29) is 6.04 Å². The third-order valence-electron chi connectivity index (χ3n) is 2.90. The van der Waals surface area contributed by atoms with Crippen LogP contribution in [0.4, 0.5) is 5.69 Å². The van der Waals surface area contributed by atoms with E-state index in [2.05, 4.69) is 10.4 Å². The molecule has 0 fully saturated rings. The minimum atomic E-state index is 0.0726. The van der Waals surface area contributed by atoms with Crippen molar-refractivity contribution < 1.29 is 0 Å². The van der Waals surface area contributed by atoms with Gasteiger partial charge in [-0.05, 0) is 26.0 Å². The van der Waals surface area contributed by atoms with Gasteiger partial charge in [-0.25, -0.2) is 0 Å². The highest BCUT2D eigenvalue weighted by Gasteiger charge is 2.14. The van der Waals surface area contributed by atoms with Gasteiger partial charge >= 0.3 is 0 Å². The van der Waals surface area contributed by atoms with Crippen molar-refractivity contribution >= 4 is 40.5 Å². The molecule has 0 saturated heterocycles. The molecule has 19 heavy (non-hydrogen) atoms. The van der Waals surface area contributed by atoms with E-state index in [0.717, 1.165) is 16.9 Å². The number of anilines is 1. The Labute approximate surface area is 127 Å². The van der Waals surface area contributed by atoms with Gasteiger partial charge in [0.2, 0.25) is 0 Å². The van der Waals surface area contributed by atoms with Gasteiger partial charge in [-0.15, -0.1) is 0 Å². The highest BCUT2D eigenvalue weighted by atomic mass is 35.5. The van der Waals surface area contributed by atoms with Crippen LogP contribution in [0, 0.1) is 6.92 Å². The predicted octanol–water partition coefficient (Wildman–Crippen LogP) is 4.86. The first-order valence-electron chi connectivity index (χ1n) is 5.79. The van der Waals surface area contributed by atoms with E-state index in [0.29, 0.717) is 15.1 Å². The van der Waals surface area contributed by atoms with Crippen LogP contribution < -0.4 is 5.32 Å². The molecule has 2 rings (SSSR count). The molecule has 1 aromatic heterocycles. The van der Waals surface area contributed by atoms with Gasteiger partial charge < -0.3 is 5.32 Å². The smallest absolute Gasteiger partial charge is 0.0653 e. The molecule has 0 aliphatic carbocycles. The van der Waals surface area contributed by atoms with Gasteiger partial charge in [0.1, 0.15) is 0 Å². The fourth-order valence-electron chi connectivity index (χ4n) is 1.99. The largest absolute Gasteiger partial charge is 0.377 e. The highest BCUT2D eigenvalue weighted by molar-refractivity contribution is 6.44. The summed E-state index contributed by atoms with van der Waals surface area (Å²) in [5.74, 6) is 0. The number of halogens is 3. The molecule has 0 saturated carbocycles. The van der Waals surface area contributed by atoms with E-state index in [4.69, 9.17) is 34.8 Å². The number of hydrogen-bond donors (Lipinski definition) is 1. The summed E-state index contributed by atoms with van der Waals surface area (Å²) in [5, 5.41) is 9.11. The monoisotopic (exact) mass is 317 g/mol. The molecule has 1 atom stereocenters. The Morgan fingerprint density at radius 2 is 1.79 bits per heavy atom. The molecule has 1 heterocycles. The molecule has 6 heteroatoms. The van der Waals surface area contributed by atoms with Gasteiger partial charge in [-0.1, -0.05) is 34.8 Å². The maximum Gasteiger partial charge on any atom is 0.0653 e. The van der Waals surface area contributed by atoms with Gasteiger partial charge in [0, 0.05) is 18.8 Å². The lowest BCUT2D eigenvalue weighted by atomic mass is 10.1. The van der Waals surface area contributed by atoms with Gasteiger partial charge in [-0.2, -0.15) is 5.10 Å². The first kappa shape index (κ1) is 14.5. The van der Waals surface area contributed by atoms with Crippen LogP contribution in [0.3, 0.4) is 0 Å². The summed E-state index contributed by atoms with van der Waals surface area (Å²) in [4.78, 5) is 0. The number of hydrogen-bond acceptors (Lipinski definition) is 2. The third kappa shape index (κ3) is 3.16. The quantitative estimate of drug-likeness (QED) is 0.819. The third-order valence-corrected chi connectivity index (χ3v) is 3.93. The topological polar surface area (TPSA) is 29.9 Å². The molecule has 0 spiro atoms. The lowest BCUT2D eigenvalue weighted by Crippen LogP contribution is -2.07. The van der Waals surface area contributed by atoms with Crippen molar-refractivity contribution in [1.29, 1.82) is 0 Å². The summed E-state index contributed by atoms with van der Waals surface area (Å²) >= 11 is 18.1. The maximum absolute atomic E-state index is 6.15. The molecule has 0 bridgehead atoms. The number of rotatable bonds is 3. The number of benzene rings is 1. The van der Waals surface area contributed by atoms with Crippen LogP contribution in [0.15, 0.2) is 18.3 Å². The summed E-state index contributed by atoms with van der Waals surface area (Å²) in [5.41, 5.74) is 2.86. The van der Waals surface area contributed by atoms with Crippen molar-refractivity contribution in [1.82, 2.24) is 9.78 Å². The lowest BCUT2D eigenvalue weighted by molar-refractivity contribution is 0.756. The van der Waals surface area contributed by atoms with E-state index in [1.807, 2.05) is 27.1 Å². The Bertz CT molecular complexity index is 607. The van der Waals surface area contributed by atoms with E-state index in [9.17, 15) is 0 Å². The Kier molecular flexibility index (Phi) is 4.29. The van der Waals surface area contributed by atoms with E-state index >= 15 is 0 Å². The molecule has 0 amide bonds. The average molecular weight is 319 g/mol. The molecule has 0 aliphatic heterocycles. The lowest BCUT2D eigenvalue weighted by Gasteiger charge is -2.16. The fraction of sp³-hybridized carbons (Fsp3) is 0.308. The van der Waals surface area contributed by atoms with Crippen LogP contribution in [-0.2, 0) is 7.05 Å². The zero-order chi connectivity index (χ0) is 14.2. The summed E-state index contributed by atoms with van der Waals surface area (Å²) in [6.45, 7) is 4.02. The van der Waals surface area contributed by atoms with Crippen molar-refractivity contribution in [2.45, 2.75) is 19.9 Å². The highest BCUT2D eigenvalue weighted by Crippen LogP contribution is 2.34. The molecular weight excluding hydrogens is 305 g/mol. The van der Waals surface area contributed by atoms with Crippen molar-refractivity contribution in [2.75, 3.05) is 5.32 Å². The van der Waals surface area contributed by atoms with Crippen molar-refractivity contribution in [3.05, 3.63) is 44.7 Å². The standard InChI is InChI=1S/C13H14Cl3N3/c1-7(9-6-19(3)18-8(9)2)17-13-5-11(15)10(14)4-12(13)16/h4-7,17H,1-3H3. The van der Waals surface area contributed by atoms with E-state index < -0.39 is 0 Å². The van der Waals surface area contributed by atoms with Crippen LogP contribution in [0.1, 0.15) is 24.2 Å². The summed E-state index contributed by atoms with van der Waals surface area (Å²) in [6.07, 6.45) is 1.98. The second kappa shape index (κ2) is 5.61. The van der Waals surface area contributed by atoms with Crippen molar-refractivity contribution in [3.63, 3.8) is 0 Å². The molecule has 3 nitrogen and oxygen atoms in total. The Morgan fingerprint density at radius 1 is 1.16 bits per heavy atom. The number of aryl methyl sites for hydroxylation is 2. The van der Waals surface area contributed by atoms with Gasteiger partial charge in [-0.3, -0.25) is 4.68 Å². The molecular formula is C13H14Cl3N3. The Balaban J connectivity index is 2.26. The minimum Gasteiger partial charge on any atom is -0.377 e. The second-order valence-corrected chi connectivity index (χ2v) is 5.68. The van der Waals surface area contributed by atoms with Crippen molar-refractivity contribution in [3.8, 4) is 0 Å². The summed E-state index contributed by atoms with van der Waals surface area (Å²) in [7, 11) is 1.90. The zero-order valence-corrected chi connectivity index (χ0v) is 13.1. The Morgan fingerprint density at radius 3 is 2.37 bits per heavy atom. The van der Waals surface area contributed by atoms with Gasteiger partial charge in [0.05, 0.1) is 32.5 Å². The SMILES string of the molecule is Cc1nn(C)cc1C(C)Nc1cc(Cl)c(Cl)cc1Cl. The van der Waals surface area contributed by atoms with E-state index in [1.54, 1.807) is 16.8 Å². The molecule has 0 radical (unpaired) electrons.